The van der Waals surface area contributed by atoms with Crippen LogP contribution in [0.2, 0.25) is 0 Å². The lowest BCUT2D eigenvalue weighted by Crippen LogP contribution is -2.20. The van der Waals surface area contributed by atoms with Crippen molar-refractivity contribution in [2.45, 2.75) is 19.8 Å². The van der Waals surface area contributed by atoms with Gasteiger partial charge in [-0.3, -0.25) is 0 Å². The second kappa shape index (κ2) is 5.03. The first kappa shape index (κ1) is 10.3. The molecule has 0 saturated heterocycles. The Morgan fingerprint density at radius 2 is 1.77 bits per heavy atom. The van der Waals surface area contributed by atoms with Crippen LogP contribution in [0.5, 0.6) is 0 Å². The number of hydrogen-bond acceptors (Lipinski definition) is 1. The molecule has 0 aliphatic heterocycles. The third-order valence-corrected chi connectivity index (χ3v) is 2.71. The molecule has 0 bridgehead atoms. The summed E-state index contributed by atoms with van der Waals surface area (Å²) in [6.45, 7) is 5.65. The van der Waals surface area contributed by atoms with Gasteiger partial charge in [-0.05, 0) is 31.0 Å². The summed E-state index contributed by atoms with van der Waals surface area (Å²) in [6, 6.07) is 10.7. The normalized spacial score (nSPS) is 15.3. The maximum Gasteiger partial charge on any atom is -0.00204 e. The van der Waals surface area contributed by atoms with E-state index in [1.807, 2.05) is 7.05 Å². The molecule has 0 fully saturated rings. The molecule has 1 N–H and O–H groups in total. The molecule has 1 nitrogen and oxygen atoms in total. The van der Waals surface area contributed by atoms with E-state index in [1.165, 1.54) is 5.56 Å². The van der Waals surface area contributed by atoms with Gasteiger partial charge in [-0.25, -0.2) is 0 Å². The third-order valence-electron chi connectivity index (χ3n) is 2.71. The highest BCUT2D eigenvalue weighted by Gasteiger charge is 2.12. The van der Waals surface area contributed by atoms with E-state index in [9.17, 15) is 0 Å². The van der Waals surface area contributed by atoms with E-state index >= 15 is 0 Å². The highest BCUT2D eigenvalue weighted by Crippen LogP contribution is 2.22. The van der Waals surface area contributed by atoms with Crippen LogP contribution < -0.4 is 5.32 Å². The minimum Gasteiger partial charge on any atom is -0.319 e. The molecule has 2 unspecified atom stereocenters. The van der Waals surface area contributed by atoms with Gasteiger partial charge in [0.05, 0.1) is 0 Å². The van der Waals surface area contributed by atoms with Gasteiger partial charge >= 0.3 is 0 Å². The predicted molar refractivity (Wildman–Crippen MR) is 57.9 cm³/mol. The summed E-state index contributed by atoms with van der Waals surface area (Å²) in [5, 5.41) is 3.22. The first-order valence-electron chi connectivity index (χ1n) is 4.95. The highest BCUT2D eigenvalue weighted by molar-refractivity contribution is 5.19. The number of nitrogens with one attached hydrogen (secondary N) is 1. The SMILES string of the molecule is CNCC(C)C(C)c1ccccc1. The minimum atomic E-state index is 0.633. The van der Waals surface area contributed by atoms with Crippen molar-refractivity contribution in [1.82, 2.24) is 5.32 Å². The van der Waals surface area contributed by atoms with E-state index in [-0.39, 0.29) is 0 Å². The summed E-state index contributed by atoms with van der Waals surface area (Å²) in [4.78, 5) is 0. The van der Waals surface area contributed by atoms with Crippen molar-refractivity contribution in [3.8, 4) is 0 Å². The van der Waals surface area contributed by atoms with Gasteiger partial charge in [0.2, 0.25) is 0 Å². The predicted octanol–water partition coefficient (Wildman–Crippen LogP) is 2.65. The topological polar surface area (TPSA) is 12.0 Å². The van der Waals surface area contributed by atoms with Crippen molar-refractivity contribution in [2.75, 3.05) is 13.6 Å². The molecule has 2 atom stereocenters. The van der Waals surface area contributed by atoms with Crippen molar-refractivity contribution >= 4 is 0 Å². The lowest BCUT2D eigenvalue weighted by Gasteiger charge is -2.19. The lowest BCUT2D eigenvalue weighted by atomic mass is 9.89. The van der Waals surface area contributed by atoms with E-state index in [2.05, 4.69) is 49.5 Å². The smallest absolute Gasteiger partial charge is 0.00204 e. The number of rotatable bonds is 4. The molecule has 0 aromatic heterocycles. The maximum absolute atomic E-state index is 3.22. The summed E-state index contributed by atoms with van der Waals surface area (Å²) < 4.78 is 0. The van der Waals surface area contributed by atoms with Crippen molar-refractivity contribution in [3.63, 3.8) is 0 Å². The molecule has 0 heterocycles. The van der Waals surface area contributed by atoms with Crippen molar-refractivity contribution in [1.29, 1.82) is 0 Å². The van der Waals surface area contributed by atoms with Crippen molar-refractivity contribution < 1.29 is 0 Å². The summed E-state index contributed by atoms with van der Waals surface area (Å²) in [5.74, 6) is 1.32. The van der Waals surface area contributed by atoms with Gasteiger partial charge in [0.15, 0.2) is 0 Å². The molecule has 13 heavy (non-hydrogen) atoms. The standard InChI is InChI=1S/C12H19N/c1-10(9-13-3)11(2)12-7-5-4-6-8-12/h4-8,10-11,13H,9H2,1-3H3. The zero-order valence-corrected chi connectivity index (χ0v) is 8.75. The number of benzene rings is 1. The summed E-state index contributed by atoms with van der Waals surface area (Å²) >= 11 is 0. The Labute approximate surface area is 81.2 Å². The van der Waals surface area contributed by atoms with E-state index in [0.29, 0.717) is 11.8 Å². The zero-order chi connectivity index (χ0) is 9.68. The molecular formula is C12H19N. The summed E-state index contributed by atoms with van der Waals surface area (Å²) in [7, 11) is 2.01. The molecule has 1 rings (SSSR count). The fraction of sp³-hybridized carbons (Fsp3) is 0.500. The monoisotopic (exact) mass is 177 g/mol. The fourth-order valence-corrected chi connectivity index (χ4v) is 1.58. The summed E-state index contributed by atoms with van der Waals surface area (Å²) in [5.41, 5.74) is 1.44. The first-order valence-corrected chi connectivity index (χ1v) is 4.95. The van der Waals surface area contributed by atoms with E-state index < -0.39 is 0 Å². The van der Waals surface area contributed by atoms with Crippen LogP contribution in [0.3, 0.4) is 0 Å². The van der Waals surface area contributed by atoms with Crippen LogP contribution in [0.25, 0.3) is 0 Å². The van der Waals surface area contributed by atoms with Gasteiger partial charge in [-0.15, -0.1) is 0 Å². The lowest BCUT2D eigenvalue weighted by molar-refractivity contribution is 0.466. The Bertz CT molecular complexity index is 230. The average molecular weight is 177 g/mol. The fourth-order valence-electron chi connectivity index (χ4n) is 1.58. The Morgan fingerprint density at radius 1 is 1.15 bits per heavy atom. The molecule has 1 aromatic carbocycles. The molecule has 0 saturated carbocycles. The molecule has 0 amide bonds. The van der Waals surface area contributed by atoms with E-state index in [0.717, 1.165) is 6.54 Å². The quantitative estimate of drug-likeness (QED) is 0.745. The van der Waals surface area contributed by atoms with Crippen LogP contribution in [0, 0.1) is 5.92 Å². The Morgan fingerprint density at radius 3 is 2.31 bits per heavy atom. The second-order valence-electron chi connectivity index (χ2n) is 3.73. The average Bonchev–Trinajstić information content (AvgIpc) is 2.18. The van der Waals surface area contributed by atoms with Crippen LogP contribution in [0.15, 0.2) is 30.3 Å². The molecule has 0 aliphatic carbocycles. The maximum atomic E-state index is 3.22. The van der Waals surface area contributed by atoms with Gasteiger partial charge in [0.25, 0.3) is 0 Å². The first-order chi connectivity index (χ1) is 6.25. The van der Waals surface area contributed by atoms with Gasteiger partial charge in [-0.2, -0.15) is 0 Å². The molecule has 0 radical (unpaired) electrons. The van der Waals surface area contributed by atoms with Gasteiger partial charge in [0.1, 0.15) is 0 Å². The third kappa shape index (κ3) is 2.85. The van der Waals surface area contributed by atoms with Crippen LogP contribution in [0.1, 0.15) is 25.3 Å². The molecule has 0 spiro atoms. The van der Waals surface area contributed by atoms with Crippen LogP contribution in [-0.4, -0.2) is 13.6 Å². The highest BCUT2D eigenvalue weighted by atomic mass is 14.8. The Balaban J connectivity index is 2.62. The molecule has 0 aliphatic rings. The number of hydrogen-bond donors (Lipinski definition) is 1. The zero-order valence-electron chi connectivity index (χ0n) is 8.75. The minimum absolute atomic E-state index is 0.633. The molecule has 1 heteroatoms. The Hall–Kier alpha value is -0.820. The second-order valence-corrected chi connectivity index (χ2v) is 3.73. The van der Waals surface area contributed by atoms with E-state index in [1.54, 1.807) is 0 Å². The van der Waals surface area contributed by atoms with Gasteiger partial charge < -0.3 is 5.32 Å². The van der Waals surface area contributed by atoms with Crippen LogP contribution >= 0.6 is 0 Å². The van der Waals surface area contributed by atoms with Gasteiger partial charge in [-0.1, -0.05) is 44.2 Å². The van der Waals surface area contributed by atoms with Crippen LogP contribution in [0.4, 0.5) is 0 Å². The largest absolute Gasteiger partial charge is 0.319 e. The van der Waals surface area contributed by atoms with Gasteiger partial charge in [0, 0.05) is 0 Å². The molecule has 1 aromatic rings. The van der Waals surface area contributed by atoms with Crippen molar-refractivity contribution in [2.24, 2.45) is 5.92 Å². The summed E-state index contributed by atoms with van der Waals surface area (Å²) in [6.07, 6.45) is 0. The molecule has 72 valence electrons. The van der Waals surface area contributed by atoms with E-state index in [4.69, 9.17) is 0 Å². The Kier molecular flexibility index (Phi) is 3.97. The van der Waals surface area contributed by atoms with Crippen molar-refractivity contribution in [3.05, 3.63) is 35.9 Å². The van der Waals surface area contributed by atoms with Crippen LogP contribution in [-0.2, 0) is 0 Å². The molecular weight excluding hydrogens is 158 g/mol.